The van der Waals surface area contributed by atoms with Gasteiger partial charge in [0.15, 0.2) is 5.11 Å². The minimum Gasteiger partial charge on any atom is -0.343 e. The van der Waals surface area contributed by atoms with E-state index in [1.807, 2.05) is 13.0 Å². The van der Waals surface area contributed by atoms with Crippen LogP contribution in [0.15, 0.2) is 29.6 Å². The van der Waals surface area contributed by atoms with E-state index in [0.29, 0.717) is 5.02 Å². The van der Waals surface area contributed by atoms with Crippen molar-refractivity contribution in [2.75, 3.05) is 31.5 Å². The smallest absolute Gasteiger partial charge is 0.173 e. The first-order valence-corrected chi connectivity index (χ1v) is 10.7. The van der Waals surface area contributed by atoms with Crippen LogP contribution in [0.4, 0.5) is 5.69 Å². The van der Waals surface area contributed by atoms with Crippen LogP contribution in [-0.4, -0.2) is 41.1 Å². The van der Waals surface area contributed by atoms with Crippen molar-refractivity contribution in [1.82, 2.24) is 9.80 Å². The molecule has 6 heteroatoms. The highest BCUT2D eigenvalue weighted by Gasteiger charge is 2.15. The van der Waals surface area contributed by atoms with Crippen LogP contribution >= 0.6 is 35.2 Å². The fraction of sp³-hybridized carbons (Fsp3) is 0.450. The zero-order valence-electron chi connectivity index (χ0n) is 16.0. The van der Waals surface area contributed by atoms with Gasteiger partial charge in [0.1, 0.15) is 0 Å². The van der Waals surface area contributed by atoms with Crippen molar-refractivity contribution in [3.05, 3.63) is 50.7 Å². The van der Waals surface area contributed by atoms with Crippen LogP contribution in [0.2, 0.25) is 5.02 Å². The van der Waals surface area contributed by atoms with E-state index in [4.69, 9.17) is 23.8 Å². The van der Waals surface area contributed by atoms with Gasteiger partial charge in [-0.3, -0.25) is 0 Å². The maximum atomic E-state index is 6.45. The van der Waals surface area contributed by atoms with Crippen LogP contribution in [0.3, 0.4) is 0 Å². The van der Waals surface area contributed by atoms with Gasteiger partial charge in [0.25, 0.3) is 0 Å². The van der Waals surface area contributed by atoms with Crippen molar-refractivity contribution in [2.24, 2.45) is 0 Å². The number of thiophene rings is 1. The molecule has 0 unspecified atom stereocenters. The van der Waals surface area contributed by atoms with E-state index in [9.17, 15) is 0 Å². The maximum Gasteiger partial charge on any atom is 0.173 e. The third kappa shape index (κ3) is 5.95. The number of rotatable bonds is 8. The molecular formula is C20H28ClN3S2. The number of anilines is 1. The number of aryl methyl sites for hydroxylation is 2. The summed E-state index contributed by atoms with van der Waals surface area (Å²) in [6, 6.07) is 8.33. The van der Waals surface area contributed by atoms with Crippen molar-refractivity contribution < 1.29 is 0 Å². The van der Waals surface area contributed by atoms with Crippen LogP contribution in [0, 0.1) is 13.8 Å². The summed E-state index contributed by atoms with van der Waals surface area (Å²) in [7, 11) is 0. The fourth-order valence-electron chi connectivity index (χ4n) is 2.91. The first-order valence-electron chi connectivity index (χ1n) is 9.02. The molecule has 0 aliphatic carbocycles. The van der Waals surface area contributed by atoms with Crippen LogP contribution < -0.4 is 5.32 Å². The Morgan fingerprint density at radius 1 is 1.19 bits per heavy atom. The summed E-state index contributed by atoms with van der Waals surface area (Å²) in [6.45, 7) is 13.3. The highest BCUT2D eigenvalue weighted by atomic mass is 35.5. The molecule has 1 heterocycles. The quantitative estimate of drug-likeness (QED) is 0.575. The number of nitrogens with one attached hydrogen (secondary N) is 1. The first-order chi connectivity index (χ1) is 12.4. The number of hydrogen-bond donors (Lipinski definition) is 1. The molecular weight excluding hydrogens is 382 g/mol. The number of hydrogen-bond acceptors (Lipinski definition) is 3. The average molecular weight is 410 g/mol. The third-order valence-electron chi connectivity index (χ3n) is 4.46. The summed E-state index contributed by atoms with van der Waals surface area (Å²) in [6.07, 6.45) is 0. The molecule has 1 N–H and O–H groups in total. The molecule has 0 amide bonds. The van der Waals surface area contributed by atoms with E-state index >= 15 is 0 Å². The van der Waals surface area contributed by atoms with E-state index in [2.05, 4.69) is 59.5 Å². The lowest BCUT2D eigenvalue weighted by molar-refractivity contribution is 0.267. The molecule has 2 rings (SSSR count). The lowest BCUT2D eigenvalue weighted by Crippen LogP contribution is -2.40. The monoisotopic (exact) mass is 409 g/mol. The van der Waals surface area contributed by atoms with Gasteiger partial charge >= 0.3 is 0 Å². The standard InChI is InChI=1S/C20H28ClN3S2/c1-5-23(6-2)9-10-24(14-17-8-7-11-26-17)20(25)22-19-16(4)12-15(3)13-18(19)21/h7-8,11-13H,5-6,9-10,14H2,1-4H3,(H,22,25). The molecule has 0 saturated heterocycles. The summed E-state index contributed by atoms with van der Waals surface area (Å²) < 4.78 is 0. The molecule has 26 heavy (non-hydrogen) atoms. The van der Waals surface area contributed by atoms with Gasteiger partial charge in [-0.2, -0.15) is 0 Å². The predicted molar refractivity (Wildman–Crippen MR) is 120 cm³/mol. The predicted octanol–water partition coefficient (Wildman–Crippen LogP) is 5.56. The average Bonchev–Trinajstić information content (AvgIpc) is 3.10. The van der Waals surface area contributed by atoms with Crippen molar-refractivity contribution in [1.29, 1.82) is 0 Å². The zero-order chi connectivity index (χ0) is 19.1. The van der Waals surface area contributed by atoms with Crippen LogP contribution in [0.5, 0.6) is 0 Å². The molecule has 1 aromatic carbocycles. The number of halogens is 1. The largest absolute Gasteiger partial charge is 0.343 e. The minimum atomic E-state index is 0.713. The molecule has 0 bridgehead atoms. The van der Waals surface area contributed by atoms with Gasteiger partial charge in [-0.25, -0.2) is 0 Å². The van der Waals surface area contributed by atoms with Crippen molar-refractivity contribution in [2.45, 2.75) is 34.2 Å². The van der Waals surface area contributed by atoms with E-state index in [0.717, 1.165) is 54.7 Å². The van der Waals surface area contributed by atoms with E-state index in [1.165, 1.54) is 4.88 Å². The summed E-state index contributed by atoms with van der Waals surface area (Å²) in [5.41, 5.74) is 3.17. The summed E-state index contributed by atoms with van der Waals surface area (Å²) in [5.74, 6) is 0. The highest BCUT2D eigenvalue weighted by molar-refractivity contribution is 7.80. The number of nitrogens with zero attached hydrogens (tertiary/aromatic N) is 2. The Balaban J connectivity index is 2.14. The van der Waals surface area contributed by atoms with Gasteiger partial charge in [-0.15, -0.1) is 11.3 Å². The molecule has 3 nitrogen and oxygen atoms in total. The Kier molecular flexibility index (Phi) is 8.35. The second kappa shape index (κ2) is 10.3. The van der Waals surface area contributed by atoms with Gasteiger partial charge in [-0.1, -0.05) is 37.6 Å². The molecule has 0 spiro atoms. The fourth-order valence-corrected chi connectivity index (χ4v) is 4.25. The highest BCUT2D eigenvalue weighted by Crippen LogP contribution is 2.28. The second-order valence-corrected chi connectivity index (χ2v) is 8.22. The molecule has 0 saturated carbocycles. The lowest BCUT2D eigenvalue weighted by atomic mass is 10.1. The van der Waals surface area contributed by atoms with Crippen molar-refractivity contribution >= 4 is 46.0 Å². The van der Waals surface area contributed by atoms with Crippen molar-refractivity contribution in [3.8, 4) is 0 Å². The van der Waals surface area contributed by atoms with Crippen LogP contribution in [0.1, 0.15) is 29.9 Å². The first kappa shape index (κ1) is 21.2. The number of likely N-dealkylation sites (N-methyl/N-ethyl adjacent to an activating group) is 1. The molecule has 1 aromatic heterocycles. The molecule has 0 atom stereocenters. The van der Waals surface area contributed by atoms with E-state index < -0.39 is 0 Å². The van der Waals surface area contributed by atoms with Gasteiger partial charge in [0.05, 0.1) is 17.3 Å². The summed E-state index contributed by atoms with van der Waals surface area (Å²) >= 11 is 14.0. The molecule has 2 aromatic rings. The molecule has 0 fully saturated rings. The SMILES string of the molecule is CCN(CC)CCN(Cc1cccs1)C(=S)Nc1c(C)cc(C)cc1Cl. The van der Waals surface area contributed by atoms with Gasteiger partial charge in [0, 0.05) is 18.0 Å². The molecule has 0 aliphatic heterocycles. The molecule has 142 valence electrons. The minimum absolute atomic E-state index is 0.713. The van der Waals surface area contributed by atoms with E-state index in [-0.39, 0.29) is 0 Å². The Hall–Kier alpha value is -1.14. The maximum absolute atomic E-state index is 6.45. The van der Waals surface area contributed by atoms with Gasteiger partial charge < -0.3 is 15.1 Å². The molecule has 0 aliphatic rings. The molecule has 0 radical (unpaired) electrons. The Morgan fingerprint density at radius 3 is 2.50 bits per heavy atom. The van der Waals surface area contributed by atoms with Gasteiger partial charge in [0.2, 0.25) is 0 Å². The lowest BCUT2D eigenvalue weighted by Gasteiger charge is -2.29. The number of benzene rings is 1. The Morgan fingerprint density at radius 2 is 1.92 bits per heavy atom. The topological polar surface area (TPSA) is 18.5 Å². The summed E-state index contributed by atoms with van der Waals surface area (Å²) in [5, 5.41) is 6.93. The zero-order valence-corrected chi connectivity index (χ0v) is 18.4. The van der Waals surface area contributed by atoms with Gasteiger partial charge in [-0.05, 0) is 67.8 Å². The number of thiocarbonyl (C=S) groups is 1. The van der Waals surface area contributed by atoms with E-state index in [1.54, 1.807) is 11.3 Å². The third-order valence-corrected chi connectivity index (χ3v) is 5.98. The summed E-state index contributed by atoms with van der Waals surface area (Å²) in [4.78, 5) is 5.95. The second-order valence-electron chi connectivity index (χ2n) is 6.40. The van der Waals surface area contributed by atoms with Crippen LogP contribution in [0.25, 0.3) is 0 Å². The van der Waals surface area contributed by atoms with Crippen LogP contribution in [-0.2, 0) is 6.54 Å². The normalized spacial score (nSPS) is 11.0. The van der Waals surface area contributed by atoms with Crippen molar-refractivity contribution in [3.63, 3.8) is 0 Å². The Labute approximate surface area is 172 Å². The Bertz CT molecular complexity index is 689.